The van der Waals surface area contributed by atoms with Crippen molar-refractivity contribution in [2.75, 3.05) is 18.6 Å². The quantitative estimate of drug-likeness (QED) is 0.342. The monoisotopic (exact) mass is 356 g/mol. The molecule has 1 N–H and O–H groups in total. The molecule has 0 radical (unpaired) electrons. The average Bonchev–Trinajstić information content (AvgIpc) is 2.66. The molecule has 130 valence electrons. The highest BCUT2D eigenvalue weighted by atomic mass is 32.2. The second-order valence-electron chi connectivity index (χ2n) is 5.19. The number of hydrazone groups is 1. The third kappa shape index (κ3) is 6.81. The first-order valence-electron chi connectivity index (χ1n) is 7.81. The van der Waals surface area contributed by atoms with Crippen molar-refractivity contribution in [2.45, 2.75) is 6.42 Å². The van der Waals surface area contributed by atoms with E-state index in [-0.39, 0.29) is 11.9 Å². The molecule has 25 heavy (non-hydrogen) atoms. The molecule has 0 spiro atoms. The molecule has 0 bridgehead atoms. The fourth-order valence-electron chi connectivity index (χ4n) is 2.03. The number of nitrogens with one attached hydrogen (secondary N) is 1. The molecule has 2 aromatic rings. The molecule has 0 saturated carbocycles. The number of esters is 1. The summed E-state index contributed by atoms with van der Waals surface area (Å²) in [6, 6.07) is 16.9. The van der Waals surface area contributed by atoms with Gasteiger partial charge in [-0.2, -0.15) is 16.9 Å². The molecule has 0 atom stereocenters. The van der Waals surface area contributed by atoms with Crippen molar-refractivity contribution < 1.29 is 14.3 Å². The topological polar surface area (TPSA) is 67.8 Å². The number of aryl methyl sites for hydroxylation is 1. The van der Waals surface area contributed by atoms with Gasteiger partial charge in [-0.3, -0.25) is 4.79 Å². The number of carbonyl (C=O) groups excluding carboxylic acids is 2. The van der Waals surface area contributed by atoms with Gasteiger partial charge in [0, 0.05) is 0 Å². The number of methoxy groups -OCH3 is 1. The standard InChI is InChI=1S/C19H20N2O3S/c1-24-19(23)17-9-7-16(8-10-17)13-20-21-18(22)14-25-12-11-15-5-3-2-4-6-15/h2-10,13H,11-12,14H2,1H3,(H,21,22)/b20-13+. The lowest BCUT2D eigenvalue weighted by atomic mass is 10.1. The first kappa shape index (κ1) is 18.7. The van der Waals surface area contributed by atoms with Crippen LogP contribution in [0.5, 0.6) is 0 Å². The molecule has 0 aromatic heterocycles. The molecule has 0 aliphatic carbocycles. The van der Waals surface area contributed by atoms with E-state index in [1.165, 1.54) is 18.9 Å². The van der Waals surface area contributed by atoms with Crippen molar-refractivity contribution >= 4 is 29.9 Å². The Labute approximate surface area is 151 Å². The number of rotatable bonds is 8. The van der Waals surface area contributed by atoms with Crippen LogP contribution in [0, 0.1) is 0 Å². The normalized spacial score (nSPS) is 10.6. The summed E-state index contributed by atoms with van der Waals surface area (Å²) in [4.78, 5) is 23.0. The average molecular weight is 356 g/mol. The maximum Gasteiger partial charge on any atom is 0.337 e. The zero-order valence-electron chi connectivity index (χ0n) is 14.0. The van der Waals surface area contributed by atoms with Crippen LogP contribution in [-0.4, -0.2) is 36.7 Å². The van der Waals surface area contributed by atoms with Gasteiger partial charge in [-0.05, 0) is 35.4 Å². The molecule has 2 rings (SSSR count). The summed E-state index contributed by atoms with van der Waals surface area (Å²) < 4.78 is 4.63. The Balaban J connectivity index is 1.67. The first-order valence-corrected chi connectivity index (χ1v) is 8.96. The predicted molar refractivity (Wildman–Crippen MR) is 101 cm³/mol. The van der Waals surface area contributed by atoms with Gasteiger partial charge in [0.05, 0.1) is 24.6 Å². The SMILES string of the molecule is COC(=O)c1ccc(/C=N/NC(=O)CSCCc2ccccc2)cc1. The van der Waals surface area contributed by atoms with Gasteiger partial charge >= 0.3 is 5.97 Å². The molecule has 1 amide bonds. The molecule has 0 unspecified atom stereocenters. The highest BCUT2D eigenvalue weighted by Gasteiger charge is 2.03. The van der Waals surface area contributed by atoms with Crippen molar-refractivity contribution in [2.24, 2.45) is 5.10 Å². The van der Waals surface area contributed by atoms with Crippen LogP contribution in [-0.2, 0) is 16.0 Å². The van der Waals surface area contributed by atoms with E-state index < -0.39 is 0 Å². The summed E-state index contributed by atoms with van der Waals surface area (Å²) in [5, 5.41) is 3.92. The van der Waals surface area contributed by atoms with Crippen LogP contribution < -0.4 is 5.43 Å². The van der Waals surface area contributed by atoms with Gasteiger partial charge in [0.25, 0.3) is 0 Å². The summed E-state index contributed by atoms with van der Waals surface area (Å²) in [5.74, 6) is 0.728. The Morgan fingerprint density at radius 1 is 1.12 bits per heavy atom. The molecular formula is C19H20N2O3S. The molecule has 5 nitrogen and oxygen atoms in total. The third-order valence-corrected chi connectivity index (χ3v) is 4.30. The number of hydrogen-bond donors (Lipinski definition) is 1. The lowest BCUT2D eigenvalue weighted by Crippen LogP contribution is -2.20. The second kappa shape index (κ2) is 10.3. The van der Waals surface area contributed by atoms with Gasteiger partial charge < -0.3 is 4.74 Å². The third-order valence-electron chi connectivity index (χ3n) is 3.35. The Hall–Kier alpha value is -2.60. The first-order chi connectivity index (χ1) is 12.2. The van der Waals surface area contributed by atoms with Gasteiger partial charge in [-0.25, -0.2) is 10.2 Å². The molecule has 0 aliphatic rings. The van der Waals surface area contributed by atoms with Gasteiger partial charge in [0.15, 0.2) is 0 Å². The summed E-state index contributed by atoms with van der Waals surface area (Å²) in [7, 11) is 1.34. The highest BCUT2D eigenvalue weighted by molar-refractivity contribution is 7.99. The summed E-state index contributed by atoms with van der Waals surface area (Å²) in [6.07, 6.45) is 2.47. The summed E-state index contributed by atoms with van der Waals surface area (Å²) >= 11 is 1.57. The van der Waals surface area contributed by atoms with Crippen LogP contribution in [0.3, 0.4) is 0 Å². The number of thioether (sulfide) groups is 1. The predicted octanol–water partition coefficient (Wildman–Crippen LogP) is 2.90. The fourth-order valence-corrected chi connectivity index (χ4v) is 2.81. The zero-order valence-corrected chi connectivity index (χ0v) is 14.8. The summed E-state index contributed by atoms with van der Waals surface area (Å²) in [6.45, 7) is 0. The molecule has 0 aliphatic heterocycles. The van der Waals surface area contributed by atoms with E-state index in [0.717, 1.165) is 17.7 Å². The van der Waals surface area contributed by atoms with E-state index in [2.05, 4.69) is 27.4 Å². The van der Waals surface area contributed by atoms with Crippen LogP contribution in [0.2, 0.25) is 0 Å². The Kier molecular flexibility index (Phi) is 7.72. The zero-order chi connectivity index (χ0) is 17.9. The smallest absolute Gasteiger partial charge is 0.337 e. The highest BCUT2D eigenvalue weighted by Crippen LogP contribution is 2.07. The maximum atomic E-state index is 11.7. The maximum absolute atomic E-state index is 11.7. The minimum Gasteiger partial charge on any atom is -0.465 e. The summed E-state index contributed by atoms with van der Waals surface area (Å²) in [5.41, 5.74) is 5.02. The van der Waals surface area contributed by atoms with Gasteiger partial charge in [-0.1, -0.05) is 42.5 Å². The van der Waals surface area contributed by atoms with Crippen LogP contribution >= 0.6 is 11.8 Å². The van der Waals surface area contributed by atoms with E-state index >= 15 is 0 Å². The minimum absolute atomic E-state index is 0.138. The Morgan fingerprint density at radius 3 is 2.52 bits per heavy atom. The largest absolute Gasteiger partial charge is 0.465 e. The lowest BCUT2D eigenvalue weighted by Gasteiger charge is -2.02. The Bertz CT molecular complexity index is 715. The molecule has 2 aromatic carbocycles. The van der Waals surface area contributed by atoms with E-state index in [0.29, 0.717) is 11.3 Å². The number of hydrogen-bond acceptors (Lipinski definition) is 5. The molecule has 0 fully saturated rings. The van der Waals surface area contributed by atoms with Crippen LogP contribution in [0.25, 0.3) is 0 Å². The van der Waals surface area contributed by atoms with Crippen molar-refractivity contribution in [1.29, 1.82) is 0 Å². The van der Waals surface area contributed by atoms with Gasteiger partial charge in [0.2, 0.25) is 5.91 Å². The van der Waals surface area contributed by atoms with E-state index in [9.17, 15) is 9.59 Å². The fraction of sp³-hybridized carbons (Fsp3) is 0.211. The van der Waals surface area contributed by atoms with Crippen LogP contribution in [0.4, 0.5) is 0 Å². The van der Waals surface area contributed by atoms with E-state index in [1.807, 2.05) is 18.2 Å². The van der Waals surface area contributed by atoms with E-state index in [4.69, 9.17) is 0 Å². The molecule has 0 heterocycles. The number of carbonyl (C=O) groups is 2. The minimum atomic E-state index is -0.385. The van der Waals surface area contributed by atoms with Gasteiger partial charge in [-0.15, -0.1) is 0 Å². The Morgan fingerprint density at radius 2 is 1.84 bits per heavy atom. The van der Waals surface area contributed by atoms with Crippen molar-refractivity contribution in [3.05, 3.63) is 71.3 Å². The molecular weight excluding hydrogens is 336 g/mol. The van der Waals surface area contributed by atoms with Crippen LogP contribution in [0.1, 0.15) is 21.5 Å². The van der Waals surface area contributed by atoms with E-state index in [1.54, 1.807) is 36.0 Å². The van der Waals surface area contributed by atoms with Crippen LogP contribution in [0.15, 0.2) is 59.7 Å². The number of nitrogens with zero attached hydrogens (tertiary/aromatic N) is 1. The van der Waals surface area contributed by atoms with Crippen molar-refractivity contribution in [3.8, 4) is 0 Å². The number of ether oxygens (including phenoxy) is 1. The second-order valence-corrected chi connectivity index (χ2v) is 6.30. The lowest BCUT2D eigenvalue weighted by molar-refractivity contribution is -0.118. The van der Waals surface area contributed by atoms with Crippen molar-refractivity contribution in [1.82, 2.24) is 5.43 Å². The van der Waals surface area contributed by atoms with Gasteiger partial charge in [0.1, 0.15) is 0 Å². The number of benzene rings is 2. The van der Waals surface area contributed by atoms with Crippen molar-refractivity contribution in [3.63, 3.8) is 0 Å². The molecule has 0 saturated heterocycles. The molecule has 6 heteroatoms. The number of amides is 1.